The number of nitrogens with one attached hydrogen (secondary N) is 1. The first-order valence-corrected chi connectivity index (χ1v) is 12.4. The number of thioether (sulfide) groups is 1. The molecule has 0 saturated heterocycles. The lowest BCUT2D eigenvalue weighted by molar-refractivity contribution is 0.0948. The van der Waals surface area contributed by atoms with Crippen LogP contribution in [-0.4, -0.2) is 20.7 Å². The van der Waals surface area contributed by atoms with Crippen LogP contribution >= 0.6 is 23.4 Å². The standard InChI is InChI=1S/C25H23ClN4O3S/c26-21-8-1-2-9-22(21)33-15-23-28-29-25(30(23)19-10-11-19)34-16-17-5-3-6-18(13-17)24(31)27-14-20-7-4-12-32-20/h1-9,12-13,19H,10-11,14-16H2,(H,27,31). The van der Waals surface area contributed by atoms with E-state index in [0.29, 0.717) is 47.0 Å². The fourth-order valence-electron chi connectivity index (χ4n) is 3.54. The first-order valence-electron chi connectivity index (χ1n) is 11.0. The van der Waals surface area contributed by atoms with Gasteiger partial charge in [0, 0.05) is 17.4 Å². The van der Waals surface area contributed by atoms with Gasteiger partial charge in [-0.25, -0.2) is 0 Å². The summed E-state index contributed by atoms with van der Waals surface area (Å²) in [5, 5.41) is 13.1. The third kappa shape index (κ3) is 5.46. The van der Waals surface area contributed by atoms with Gasteiger partial charge in [-0.2, -0.15) is 0 Å². The second-order valence-electron chi connectivity index (χ2n) is 7.97. The van der Waals surface area contributed by atoms with Crippen molar-refractivity contribution in [2.45, 2.75) is 42.9 Å². The molecule has 0 spiro atoms. The molecule has 1 amide bonds. The van der Waals surface area contributed by atoms with Gasteiger partial charge in [-0.1, -0.05) is 47.6 Å². The molecular formula is C25H23ClN4O3S. The van der Waals surface area contributed by atoms with Crippen LogP contribution in [0.25, 0.3) is 0 Å². The highest BCUT2D eigenvalue weighted by molar-refractivity contribution is 7.98. The SMILES string of the molecule is O=C(NCc1ccco1)c1cccc(CSc2nnc(COc3ccccc3Cl)n2C2CC2)c1. The van der Waals surface area contributed by atoms with Crippen LogP contribution < -0.4 is 10.1 Å². The Hall–Kier alpha value is -3.23. The van der Waals surface area contributed by atoms with Crippen molar-refractivity contribution in [3.8, 4) is 5.75 Å². The maximum atomic E-state index is 12.5. The zero-order valence-electron chi connectivity index (χ0n) is 18.3. The fourth-order valence-corrected chi connectivity index (χ4v) is 4.70. The number of amides is 1. The van der Waals surface area contributed by atoms with Crippen LogP contribution in [0.2, 0.25) is 5.02 Å². The minimum atomic E-state index is -0.136. The number of ether oxygens (including phenoxy) is 1. The molecule has 34 heavy (non-hydrogen) atoms. The topological polar surface area (TPSA) is 82.2 Å². The van der Waals surface area contributed by atoms with Gasteiger partial charge in [-0.05, 0) is 54.8 Å². The van der Waals surface area contributed by atoms with E-state index < -0.39 is 0 Å². The molecule has 1 N–H and O–H groups in total. The van der Waals surface area contributed by atoms with Crippen molar-refractivity contribution < 1.29 is 13.9 Å². The van der Waals surface area contributed by atoms with Crippen LogP contribution in [0.1, 0.15) is 46.4 Å². The van der Waals surface area contributed by atoms with Crippen molar-refractivity contribution in [1.82, 2.24) is 20.1 Å². The molecule has 0 unspecified atom stereocenters. The largest absolute Gasteiger partial charge is 0.484 e. The molecule has 5 rings (SSSR count). The van der Waals surface area contributed by atoms with E-state index >= 15 is 0 Å². The van der Waals surface area contributed by atoms with Gasteiger partial charge in [-0.15, -0.1) is 10.2 Å². The Morgan fingerprint density at radius 1 is 1.15 bits per heavy atom. The summed E-state index contributed by atoms with van der Waals surface area (Å²) in [7, 11) is 0. The minimum Gasteiger partial charge on any atom is -0.484 e. The molecular weight excluding hydrogens is 472 g/mol. The number of furan rings is 1. The Morgan fingerprint density at radius 3 is 2.82 bits per heavy atom. The van der Waals surface area contributed by atoms with Gasteiger partial charge in [0.2, 0.25) is 0 Å². The van der Waals surface area contributed by atoms with Crippen LogP contribution in [0.3, 0.4) is 0 Å². The molecule has 2 aromatic carbocycles. The predicted molar refractivity (Wildman–Crippen MR) is 130 cm³/mol. The number of nitrogens with zero attached hydrogens (tertiary/aromatic N) is 3. The first-order chi connectivity index (χ1) is 16.7. The number of aromatic nitrogens is 3. The Morgan fingerprint density at radius 2 is 2.03 bits per heavy atom. The van der Waals surface area contributed by atoms with E-state index in [1.165, 1.54) is 0 Å². The van der Waals surface area contributed by atoms with Crippen LogP contribution in [0.15, 0.2) is 76.5 Å². The molecule has 9 heteroatoms. The zero-order valence-corrected chi connectivity index (χ0v) is 19.9. The monoisotopic (exact) mass is 494 g/mol. The second kappa shape index (κ2) is 10.4. The van der Waals surface area contributed by atoms with Gasteiger partial charge in [0.25, 0.3) is 5.91 Å². The summed E-state index contributed by atoms with van der Waals surface area (Å²) in [5.74, 6) is 2.68. The first kappa shape index (κ1) is 22.6. The molecule has 0 radical (unpaired) electrons. The van der Waals surface area contributed by atoms with Crippen LogP contribution in [0.5, 0.6) is 5.75 Å². The lowest BCUT2D eigenvalue weighted by atomic mass is 10.1. The molecule has 1 aliphatic carbocycles. The number of hydrogen-bond acceptors (Lipinski definition) is 6. The predicted octanol–water partition coefficient (Wildman–Crippen LogP) is 5.66. The van der Waals surface area contributed by atoms with Gasteiger partial charge in [0.1, 0.15) is 18.1 Å². The highest BCUT2D eigenvalue weighted by atomic mass is 35.5. The summed E-state index contributed by atoms with van der Waals surface area (Å²) in [6.45, 7) is 0.660. The summed E-state index contributed by atoms with van der Waals surface area (Å²) in [6.07, 6.45) is 3.81. The van der Waals surface area contributed by atoms with Crippen molar-refractivity contribution in [2.24, 2.45) is 0 Å². The summed E-state index contributed by atoms with van der Waals surface area (Å²) >= 11 is 7.81. The van der Waals surface area contributed by atoms with Crippen molar-refractivity contribution >= 4 is 29.3 Å². The smallest absolute Gasteiger partial charge is 0.251 e. The molecule has 1 aliphatic rings. The van der Waals surface area contributed by atoms with Gasteiger partial charge >= 0.3 is 0 Å². The molecule has 174 valence electrons. The maximum absolute atomic E-state index is 12.5. The number of hydrogen-bond donors (Lipinski definition) is 1. The number of rotatable bonds is 10. The highest BCUT2D eigenvalue weighted by Crippen LogP contribution is 2.39. The van der Waals surface area contributed by atoms with E-state index in [1.54, 1.807) is 30.2 Å². The Bertz CT molecular complexity index is 1270. The van der Waals surface area contributed by atoms with Crippen LogP contribution in [0, 0.1) is 0 Å². The fraction of sp³-hybridized carbons (Fsp3) is 0.240. The van der Waals surface area contributed by atoms with Crippen molar-refractivity contribution in [2.75, 3.05) is 0 Å². The third-order valence-electron chi connectivity index (χ3n) is 5.40. The second-order valence-corrected chi connectivity index (χ2v) is 9.32. The average Bonchev–Trinajstić information content (AvgIpc) is 3.39. The lowest BCUT2D eigenvalue weighted by Crippen LogP contribution is -2.22. The van der Waals surface area contributed by atoms with Crippen molar-refractivity contribution in [3.63, 3.8) is 0 Å². The van der Waals surface area contributed by atoms with Crippen molar-refractivity contribution in [1.29, 1.82) is 0 Å². The van der Waals surface area contributed by atoms with Crippen molar-refractivity contribution in [3.05, 3.63) is 94.7 Å². The number of carbonyl (C=O) groups excluding carboxylic acids is 1. The Kier molecular flexibility index (Phi) is 6.87. The van der Waals surface area contributed by atoms with E-state index in [4.69, 9.17) is 20.8 Å². The summed E-state index contributed by atoms with van der Waals surface area (Å²) in [6, 6.07) is 19.1. The zero-order chi connectivity index (χ0) is 23.3. The minimum absolute atomic E-state index is 0.136. The van der Waals surface area contributed by atoms with E-state index in [1.807, 2.05) is 48.5 Å². The summed E-state index contributed by atoms with van der Waals surface area (Å²) in [5.41, 5.74) is 1.65. The Labute approximate surface area is 206 Å². The summed E-state index contributed by atoms with van der Waals surface area (Å²) in [4.78, 5) is 12.5. The molecule has 0 aliphatic heterocycles. The van der Waals surface area contributed by atoms with Gasteiger partial charge < -0.3 is 14.5 Å². The third-order valence-corrected chi connectivity index (χ3v) is 6.73. The van der Waals surface area contributed by atoms with E-state index in [-0.39, 0.29) is 5.91 Å². The van der Waals surface area contributed by atoms with Crippen LogP contribution in [-0.2, 0) is 18.9 Å². The Balaban J connectivity index is 1.22. The molecule has 2 heterocycles. The molecule has 4 aromatic rings. The maximum Gasteiger partial charge on any atom is 0.251 e. The number of carbonyl (C=O) groups is 1. The lowest BCUT2D eigenvalue weighted by Gasteiger charge is -2.11. The van der Waals surface area contributed by atoms with Gasteiger partial charge in [0.05, 0.1) is 17.8 Å². The van der Waals surface area contributed by atoms with E-state index in [0.717, 1.165) is 29.4 Å². The molecule has 0 atom stereocenters. The summed E-state index contributed by atoms with van der Waals surface area (Å²) < 4.78 is 13.3. The average molecular weight is 495 g/mol. The van der Waals surface area contributed by atoms with E-state index in [2.05, 4.69) is 20.1 Å². The molecule has 7 nitrogen and oxygen atoms in total. The number of benzene rings is 2. The van der Waals surface area contributed by atoms with E-state index in [9.17, 15) is 4.79 Å². The molecule has 1 saturated carbocycles. The quantitative estimate of drug-likeness (QED) is 0.286. The molecule has 2 aromatic heterocycles. The molecule has 1 fully saturated rings. The number of para-hydroxylation sites is 1. The highest BCUT2D eigenvalue weighted by Gasteiger charge is 2.30. The van der Waals surface area contributed by atoms with Gasteiger partial charge in [0.15, 0.2) is 11.0 Å². The van der Waals surface area contributed by atoms with Crippen LogP contribution in [0.4, 0.5) is 0 Å². The van der Waals surface area contributed by atoms with Gasteiger partial charge in [-0.3, -0.25) is 9.36 Å². The molecule has 0 bridgehead atoms. The number of halogens is 1. The normalized spacial score (nSPS) is 13.1.